The van der Waals surface area contributed by atoms with Gasteiger partial charge in [-0.1, -0.05) is 43.7 Å². The number of phenols is 1. The molecule has 0 bridgehead atoms. The minimum Gasteiger partial charge on any atom is -0.507 e. The van der Waals surface area contributed by atoms with Gasteiger partial charge in [-0.15, -0.1) is 0 Å². The Hall–Kier alpha value is -4.26. The zero-order valence-corrected chi connectivity index (χ0v) is 23.0. The SMILES string of the molecule is CCOc1cc(C2/C(=C(/O)c3ccc(OCC(C)C)cc3)C(=O)C(=O)N2Cc2cc(C)ccc2C)ccc1O. The van der Waals surface area contributed by atoms with E-state index in [4.69, 9.17) is 9.47 Å². The minimum atomic E-state index is -0.887. The summed E-state index contributed by atoms with van der Waals surface area (Å²) in [5.74, 6) is -0.560. The predicted molar refractivity (Wildman–Crippen MR) is 150 cm³/mol. The Kier molecular flexibility index (Phi) is 8.29. The largest absolute Gasteiger partial charge is 0.507 e. The number of likely N-dealkylation sites (tertiary alicyclic amines) is 1. The molecule has 1 atom stereocenters. The number of ether oxygens (including phenoxy) is 2. The monoisotopic (exact) mass is 529 g/mol. The van der Waals surface area contributed by atoms with Gasteiger partial charge in [-0.2, -0.15) is 0 Å². The molecule has 1 aliphatic rings. The van der Waals surface area contributed by atoms with E-state index in [0.717, 1.165) is 16.7 Å². The van der Waals surface area contributed by atoms with Crippen molar-refractivity contribution >= 4 is 17.4 Å². The second-order valence-electron chi connectivity index (χ2n) is 10.2. The molecule has 3 aromatic carbocycles. The molecule has 1 fully saturated rings. The van der Waals surface area contributed by atoms with Gasteiger partial charge in [0.1, 0.15) is 11.5 Å². The third-order valence-electron chi connectivity index (χ3n) is 6.70. The average Bonchev–Trinajstić information content (AvgIpc) is 3.15. The maximum Gasteiger partial charge on any atom is 0.295 e. The van der Waals surface area contributed by atoms with Crippen LogP contribution in [0.25, 0.3) is 5.76 Å². The molecule has 7 nitrogen and oxygen atoms in total. The fourth-order valence-electron chi connectivity index (χ4n) is 4.64. The molecule has 1 aliphatic heterocycles. The Morgan fingerprint density at radius 2 is 1.69 bits per heavy atom. The van der Waals surface area contributed by atoms with Gasteiger partial charge in [-0.25, -0.2) is 0 Å². The first-order valence-corrected chi connectivity index (χ1v) is 13.1. The molecule has 2 N–H and O–H groups in total. The average molecular weight is 530 g/mol. The third-order valence-corrected chi connectivity index (χ3v) is 6.70. The molecule has 1 unspecified atom stereocenters. The Balaban J connectivity index is 1.82. The number of nitrogens with zero attached hydrogens (tertiary/aromatic N) is 1. The highest BCUT2D eigenvalue weighted by molar-refractivity contribution is 6.46. The van der Waals surface area contributed by atoms with Crippen molar-refractivity contribution in [3.05, 3.63) is 94.1 Å². The van der Waals surface area contributed by atoms with E-state index in [0.29, 0.717) is 36.0 Å². The fourth-order valence-corrected chi connectivity index (χ4v) is 4.64. The summed E-state index contributed by atoms with van der Waals surface area (Å²) < 4.78 is 11.3. The van der Waals surface area contributed by atoms with Gasteiger partial charge in [-0.05, 0) is 79.8 Å². The molecule has 1 amide bonds. The smallest absolute Gasteiger partial charge is 0.295 e. The van der Waals surface area contributed by atoms with E-state index >= 15 is 0 Å². The van der Waals surface area contributed by atoms with Crippen LogP contribution in [0.5, 0.6) is 17.2 Å². The molecule has 3 aromatic rings. The molecule has 7 heteroatoms. The number of Topliss-reactive ketones (excluding diaryl/α,β-unsaturated/α-hetero) is 1. The van der Waals surface area contributed by atoms with E-state index in [2.05, 4.69) is 13.8 Å². The molecule has 0 radical (unpaired) electrons. The number of carbonyl (C=O) groups excluding carboxylic acids is 2. The number of aliphatic hydroxyl groups excluding tert-OH is 1. The molecule has 1 saturated heterocycles. The molecular formula is C32H35NO6. The Morgan fingerprint density at radius 1 is 0.974 bits per heavy atom. The highest BCUT2D eigenvalue weighted by Gasteiger charge is 2.46. The number of benzene rings is 3. The number of phenolic OH excluding ortho intramolecular Hbond substituents is 1. The second-order valence-corrected chi connectivity index (χ2v) is 10.2. The molecule has 39 heavy (non-hydrogen) atoms. The van der Waals surface area contributed by atoms with Crippen LogP contribution in [0.15, 0.2) is 66.2 Å². The number of rotatable bonds is 9. The summed E-state index contributed by atoms with van der Waals surface area (Å²) in [4.78, 5) is 28.4. The molecular weight excluding hydrogens is 494 g/mol. The zero-order valence-electron chi connectivity index (χ0n) is 23.0. The van der Waals surface area contributed by atoms with Crippen LogP contribution < -0.4 is 9.47 Å². The zero-order chi connectivity index (χ0) is 28.3. The Bertz CT molecular complexity index is 1410. The lowest BCUT2D eigenvalue weighted by Crippen LogP contribution is -2.29. The van der Waals surface area contributed by atoms with E-state index in [-0.39, 0.29) is 29.4 Å². The van der Waals surface area contributed by atoms with E-state index < -0.39 is 17.7 Å². The van der Waals surface area contributed by atoms with Crippen LogP contribution >= 0.6 is 0 Å². The summed E-state index contributed by atoms with van der Waals surface area (Å²) in [6, 6.07) is 16.6. The van der Waals surface area contributed by atoms with Crippen molar-refractivity contribution in [3.63, 3.8) is 0 Å². The molecule has 4 rings (SSSR count). The van der Waals surface area contributed by atoms with Crippen molar-refractivity contribution in [2.75, 3.05) is 13.2 Å². The normalized spacial score (nSPS) is 16.7. The summed E-state index contributed by atoms with van der Waals surface area (Å²) >= 11 is 0. The lowest BCUT2D eigenvalue weighted by molar-refractivity contribution is -0.140. The first kappa shape index (κ1) is 27.8. The number of amides is 1. The van der Waals surface area contributed by atoms with E-state index in [1.54, 1.807) is 43.3 Å². The van der Waals surface area contributed by atoms with Crippen molar-refractivity contribution in [3.8, 4) is 17.2 Å². The highest BCUT2D eigenvalue weighted by atomic mass is 16.5. The van der Waals surface area contributed by atoms with Crippen molar-refractivity contribution in [2.45, 2.75) is 47.2 Å². The van der Waals surface area contributed by atoms with Crippen LogP contribution in [0, 0.1) is 19.8 Å². The Labute approximate surface area is 229 Å². The fraction of sp³-hybridized carbons (Fsp3) is 0.312. The highest BCUT2D eigenvalue weighted by Crippen LogP contribution is 2.43. The summed E-state index contributed by atoms with van der Waals surface area (Å²) in [6.45, 7) is 10.9. The lowest BCUT2D eigenvalue weighted by Gasteiger charge is -2.26. The van der Waals surface area contributed by atoms with Crippen LogP contribution in [-0.2, 0) is 16.1 Å². The topological polar surface area (TPSA) is 96.3 Å². The maximum absolute atomic E-state index is 13.5. The summed E-state index contributed by atoms with van der Waals surface area (Å²) in [5.41, 5.74) is 3.84. The van der Waals surface area contributed by atoms with Crippen LogP contribution in [-0.4, -0.2) is 40.0 Å². The third kappa shape index (κ3) is 5.93. The van der Waals surface area contributed by atoms with E-state index in [1.807, 2.05) is 32.0 Å². The number of aryl methyl sites for hydroxylation is 2. The number of carbonyl (C=O) groups is 2. The van der Waals surface area contributed by atoms with Gasteiger partial charge in [0, 0.05) is 12.1 Å². The van der Waals surface area contributed by atoms with Gasteiger partial charge in [0.2, 0.25) is 0 Å². The molecule has 1 heterocycles. The number of hydrogen-bond donors (Lipinski definition) is 2. The predicted octanol–water partition coefficient (Wildman–Crippen LogP) is 6.06. The van der Waals surface area contributed by atoms with Gasteiger partial charge in [0.25, 0.3) is 11.7 Å². The number of aromatic hydroxyl groups is 1. The molecule has 0 aliphatic carbocycles. The van der Waals surface area contributed by atoms with Crippen molar-refractivity contribution in [1.29, 1.82) is 0 Å². The number of hydrogen-bond acceptors (Lipinski definition) is 6. The first-order chi connectivity index (χ1) is 18.6. The van der Waals surface area contributed by atoms with Gasteiger partial charge in [-0.3, -0.25) is 9.59 Å². The summed E-state index contributed by atoms with van der Waals surface area (Å²) in [7, 11) is 0. The van der Waals surface area contributed by atoms with Crippen molar-refractivity contribution < 1.29 is 29.3 Å². The first-order valence-electron chi connectivity index (χ1n) is 13.1. The van der Waals surface area contributed by atoms with Crippen molar-refractivity contribution in [2.24, 2.45) is 5.92 Å². The van der Waals surface area contributed by atoms with Gasteiger partial charge >= 0.3 is 0 Å². The van der Waals surface area contributed by atoms with Crippen LogP contribution in [0.1, 0.15) is 54.6 Å². The van der Waals surface area contributed by atoms with Gasteiger partial charge in [0.05, 0.1) is 24.8 Å². The second kappa shape index (κ2) is 11.6. The maximum atomic E-state index is 13.5. The Morgan fingerprint density at radius 3 is 2.36 bits per heavy atom. The van der Waals surface area contributed by atoms with Crippen LogP contribution in [0.3, 0.4) is 0 Å². The molecule has 0 aromatic heterocycles. The van der Waals surface area contributed by atoms with Crippen LogP contribution in [0.4, 0.5) is 0 Å². The summed E-state index contributed by atoms with van der Waals surface area (Å²) in [5, 5.41) is 21.7. The van der Waals surface area contributed by atoms with Gasteiger partial charge < -0.3 is 24.6 Å². The quantitative estimate of drug-likeness (QED) is 0.199. The summed E-state index contributed by atoms with van der Waals surface area (Å²) in [6.07, 6.45) is 0. The number of ketones is 1. The van der Waals surface area contributed by atoms with Gasteiger partial charge in [0.15, 0.2) is 11.5 Å². The van der Waals surface area contributed by atoms with Crippen molar-refractivity contribution in [1.82, 2.24) is 4.90 Å². The lowest BCUT2D eigenvalue weighted by atomic mass is 9.94. The minimum absolute atomic E-state index is 0.0192. The molecule has 0 spiro atoms. The standard InChI is InChI=1S/C32H35NO6/c1-6-38-27-16-23(11-14-26(27)34)29-28(30(35)22-9-12-25(13-10-22)39-18-19(2)3)31(36)32(37)33(29)17-24-15-20(4)7-8-21(24)5/h7-16,19,29,34-35H,6,17-18H2,1-5H3/b30-28-. The molecule has 204 valence electrons. The number of aliphatic hydroxyl groups is 1. The van der Waals surface area contributed by atoms with Crippen LogP contribution in [0.2, 0.25) is 0 Å². The van der Waals surface area contributed by atoms with E-state index in [1.165, 1.54) is 11.0 Å². The van der Waals surface area contributed by atoms with E-state index in [9.17, 15) is 19.8 Å². The molecule has 0 saturated carbocycles.